The molecule has 0 aromatic carbocycles. The van der Waals surface area contributed by atoms with Crippen LogP contribution in [-0.4, -0.2) is 45.8 Å². The minimum absolute atomic E-state index is 0.227. The van der Waals surface area contributed by atoms with Crippen molar-refractivity contribution >= 4 is 5.91 Å². The molecule has 22 heavy (non-hydrogen) atoms. The van der Waals surface area contributed by atoms with Crippen LogP contribution in [0.1, 0.15) is 27.7 Å². The Labute approximate surface area is 127 Å². The van der Waals surface area contributed by atoms with Crippen molar-refractivity contribution in [3.63, 3.8) is 0 Å². The van der Waals surface area contributed by atoms with Gasteiger partial charge < -0.3 is 9.64 Å². The normalized spacial score (nSPS) is 17.4. The summed E-state index contributed by atoms with van der Waals surface area (Å²) in [6, 6.07) is 2.45. The fourth-order valence-corrected chi connectivity index (χ4v) is 2.93. The predicted molar refractivity (Wildman–Crippen MR) is 76.8 cm³/mol. The van der Waals surface area contributed by atoms with Gasteiger partial charge in [0, 0.05) is 38.5 Å². The zero-order valence-electron chi connectivity index (χ0n) is 12.5. The van der Waals surface area contributed by atoms with E-state index in [0.717, 1.165) is 23.7 Å². The van der Waals surface area contributed by atoms with Crippen molar-refractivity contribution in [3.05, 3.63) is 47.3 Å². The molecule has 2 aromatic heterocycles. The number of rotatable bonds is 3. The standard InChI is InChI=1S/C15H17FN4O2/c1-19-14-11(8-18-19)4-6-20(12(14)9-22-2)15(21)10-3-5-17-13(16)7-10/h3,5,7-8,12H,4,6,9H2,1-2H3. The predicted octanol–water partition coefficient (Wildman–Crippen LogP) is 1.34. The number of fused-ring (bicyclic) bond motifs is 1. The molecule has 0 saturated heterocycles. The van der Waals surface area contributed by atoms with Gasteiger partial charge in [-0.25, -0.2) is 4.98 Å². The van der Waals surface area contributed by atoms with E-state index in [1.807, 2.05) is 13.2 Å². The van der Waals surface area contributed by atoms with Crippen LogP contribution in [0.3, 0.4) is 0 Å². The van der Waals surface area contributed by atoms with Crippen molar-refractivity contribution in [2.24, 2.45) is 7.05 Å². The quantitative estimate of drug-likeness (QED) is 0.803. The lowest BCUT2D eigenvalue weighted by Crippen LogP contribution is -2.42. The molecule has 7 heteroatoms. The minimum atomic E-state index is -0.660. The van der Waals surface area contributed by atoms with Crippen LogP contribution in [0.25, 0.3) is 0 Å². The number of hydrogen-bond acceptors (Lipinski definition) is 4. The van der Waals surface area contributed by atoms with Gasteiger partial charge in [0.25, 0.3) is 5.91 Å². The highest BCUT2D eigenvalue weighted by atomic mass is 19.1. The number of methoxy groups -OCH3 is 1. The second kappa shape index (κ2) is 5.84. The third kappa shape index (κ3) is 2.48. The van der Waals surface area contributed by atoms with Crippen molar-refractivity contribution < 1.29 is 13.9 Å². The first-order chi connectivity index (χ1) is 10.6. The average molecular weight is 304 g/mol. The van der Waals surface area contributed by atoms with Crippen molar-refractivity contribution in [1.82, 2.24) is 19.7 Å². The highest BCUT2D eigenvalue weighted by Gasteiger charge is 2.34. The van der Waals surface area contributed by atoms with Crippen LogP contribution >= 0.6 is 0 Å². The summed E-state index contributed by atoms with van der Waals surface area (Å²) in [7, 11) is 3.45. The van der Waals surface area contributed by atoms with Gasteiger partial charge in [0.15, 0.2) is 0 Å². The Kier molecular flexibility index (Phi) is 3.89. The number of nitrogens with zero attached hydrogens (tertiary/aromatic N) is 4. The van der Waals surface area contributed by atoms with E-state index in [-0.39, 0.29) is 11.9 Å². The highest BCUT2D eigenvalue weighted by Crippen LogP contribution is 2.30. The second-order valence-electron chi connectivity index (χ2n) is 5.27. The van der Waals surface area contributed by atoms with Crippen LogP contribution in [-0.2, 0) is 18.2 Å². The summed E-state index contributed by atoms with van der Waals surface area (Å²) < 4.78 is 20.3. The molecule has 0 bridgehead atoms. The average Bonchev–Trinajstić information content (AvgIpc) is 2.89. The van der Waals surface area contributed by atoms with Gasteiger partial charge in [0.05, 0.1) is 24.5 Å². The second-order valence-corrected chi connectivity index (χ2v) is 5.27. The van der Waals surface area contributed by atoms with Crippen molar-refractivity contribution in [1.29, 1.82) is 0 Å². The first-order valence-corrected chi connectivity index (χ1v) is 7.04. The molecule has 1 atom stereocenters. The molecule has 1 aliphatic heterocycles. The summed E-state index contributed by atoms with van der Waals surface area (Å²) in [5.74, 6) is -0.887. The first-order valence-electron chi connectivity index (χ1n) is 7.04. The van der Waals surface area contributed by atoms with E-state index in [9.17, 15) is 9.18 Å². The Bertz CT molecular complexity index is 701. The van der Waals surface area contributed by atoms with Crippen LogP contribution < -0.4 is 0 Å². The molecule has 2 aromatic rings. The van der Waals surface area contributed by atoms with Crippen LogP contribution in [0.5, 0.6) is 0 Å². The van der Waals surface area contributed by atoms with Gasteiger partial charge in [-0.3, -0.25) is 9.48 Å². The molecule has 6 nitrogen and oxygen atoms in total. The van der Waals surface area contributed by atoms with Gasteiger partial charge in [-0.05, 0) is 18.1 Å². The fraction of sp³-hybridized carbons (Fsp3) is 0.400. The van der Waals surface area contributed by atoms with Crippen molar-refractivity contribution in [3.8, 4) is 0 Å². The Hall–Kier alpha value is -2.28. The van der Waals surface area contributed by atoms with Gasteiger partial charge in [-0.2, -0.15) is 9.49 Å². The van der Waals surface area contributed by atoms with E-state index in [0.29, 0.717) is 18.7 Å². The Morgan fingerprint density at radius 1 is 1.55 bits per heavy atom. The molecule has 1 unspecified atom stereocenters. The molecule has 0 saturated carbocycles. The van der Waals surface area contributed by atoms with E-state index in [2.05, 4.69) is 10.1 Å². The molecular formula is C15H17FN4O2. The number of hydrogen-bond donors (Lipinski definition) is 0. The van der Waals surface area contributed by atoms with Crippen LogP contribution in [0.2, 0.25) is 0 Å². The maximum absolute atomic E-state index is 13.3. The number of halogens is 1. The Morgan fingerprint density at radius 2 is 2.36 bits per heavy atom. The SMILES string of the molecule is COCC1c2c(cnn2C)CCN1C(=O)c1ccnc(F)c1. The Morgan fingerprint density at radius 3 is 3.09 bits per heavy atom. The van der Waals surface area contributed by atoms with E-state index >= 15 is 0 Å². The zero-order chi connectivity index (χ0) is 15.7. The molecule has 3 heterocycles. The van der Waals surface area contributed by atoms with Crippen molar-refractivity contribution in [2.45, 2.75) is 12.5 Å². The lowest BCUT2D eigenvalue weighted by atomic mass is 9.99. The van der Waals surface area contributed by atoms with E-state index < -0.39 is 5.95 Å². The van der Waals surface area contributed by atoms with E-state index in [4.69, 9.17) is 4.74 Å². The van der Waals surface area contributed by atoms with Crippen LogP contribution in [0, 0.1) is 5.95 Å². The van der Waals surface area contributed by atoms with E-state index in [1.54, 1.807) is 16.7 Å². The first kappa shape index (κ1) is 14.6. The smallest absolute Gasteiger partial charge is 0.254 e. The topological polar surface area (TPSA) is 60.2 Å². The summed E-state index contributed by atoms with van der Waals surface area (Å²) in [5, 5.41) is 4.26. The molecule has 0 fully saturated rings. The lowest BCUT2D eigenvalue weighted by Gasteiger charge is -2.35. The summed E-state index contributed by atoms with van der Waals surface area (Å²) in [4.78, 5) is 17.9. The summed E-state index contributed by atoms with van der Waals surface area (Å²) in [5.41, 5.74) is 2.38. The van der Waals surface area contributed by atoms with Crippen molar-refractivity contribution in [2.75, 3.05) is 20.3 Å². The number of pyridine rings is 1. The van der Waals surface area contributed by atoms with Gasteiger partial charge in [0.2, 0.25) is 5.95 Å². The molecule has 0 aliphatic carbocycles. The van der Waals surface area contributed by atoms with E-state index in [1.165, 1.54) is 12.3 Å². The number of carbonyl (C=O) groups excluding carboxylic acids is 1. The van der Waals surface area contributed by atoms with Crippen LogP contribution in [0.4, 0.5) is 4.39 Å². The fourth-order valence-electron chi connectivity index (χ4n) is 2.93. The lowest BCUT2D eigenvalue weighted by molar-refractivity contribution is 0.0484. The molecule has 1 amide bonds. The number of aromatic nitrogens is 3. The van der Waals surface area contributed by atoms with Crippen LogP contribution in [0.15, 0.2) is 24.5 Å². The summed E-state index contributed by atoms with van der Waals surface area (Å²) >= 11 is 0. The zero-order valence-corrected chi connectivity index (χ0v) is 12.5. The molecule has 0 spiro atoms. The monoisotopic (exact) mass is 304 g/mol. The Balaban J connectivity index is 1.96. The highest BCUT2D eigenvalue weighted by molar-refractivity contribution is 5.94. The van der Waals surface area contributed by atoms with Gasteiger partial charge in [-0.15, -0.1) is 0 Å². The number of amides is 1. The molecule has 1 aliphatic rings. The molecule has 0 N–H and O–H groups in total. The molecule has 3 rings (SSSR count). The maximum atomic E-state index is 13.3. The largest absolute Gasteiger partial charge is 0.382 e. The molecule has 0 radical (unpaired) electrons. The molecular weight excluding hydrogens is 287 g/mol. The number of ether oxygens (including phenoxy) is 1. The molecule has 116 valence electrons. The third-order valence-corrected chi connectivity index (χ3v) is 3.94. The van der Waals surface area contributed by atoms with Gasteiger partial charge >= 0.3 is 0 Å². The summed E-state index contributed by atoms with van der Waals surface area (Å²) in [6.07, 6.45) is 3.85. The van der Waals surface area contributed by atoms with Gasteiger partial charge in [0.1, 0.15) is 0 Å². The number of carbonyl (C=O) groups is 1. The number of aryl methyl sites for hydroxylation is 1. The summed E-state index contributed by atoms with van der Waals surface area (Å²) in [6.45, 7) is 0.918. The van der Waals surface area contributed by atoms with Gasteiger partial charge in [-0.1, -0.05) is 0 Å². The third-order valence-electron chi connectivity index (χ3n) is 3.94. The maximum Gasteiger partial charge on any atom is 0.254 e. The minimum Gasteiger partial charge on any atom is -0.382 e.